The summed E-state index contributed by atoms with van der Waals surface area (Å²) in [5.74, 6) is 0.0312. The van der Waals surface area contributed by atoms with Crippen LogP contribution in [0.1, 0.15) is 27.8 Å². The van der Waals surface area contributed by atoms with E-state index in [0.717, 1.165) is 22.3 Å². The second kappa shape index (κ2) is 12.1. The standard InChI is InChI=1S/C30H23ClN4O3S3/c31-21-13-7-8-18(14-21)15-23(36)33-24-28(37)35-25(22(16-40-29(24)35)27-34-32-17-41-27)30(39)38-26(19-9-3-1-4-10-19)20-11-5-2-6-12-20/h1-14,17,24,26,29H,15-16H2,(H,33,36)/t24-,29-/m1/s1. The molecule has 0 saturated carbocycles. The maximum Gasteiger partial charge on any atom is 0.253 e. The number of rotatable bonds is 8. The summed E-state index contributed by atoms with van der Waals surface area (Å²) < 4.78 is 6.52. The third-order valence-corrected chi connectivity index (χ3v) is 9.34. The molecular formula is C30H23ClN4O3S3. The van der Waals surface area contributed by atoms with E-state index in [-0.39, 0.29) is 28.7 Å². The third-order valence-electron chi connectivity index (χ3n) is 6.78. The van der Waals surface area contributed by atoms with E-state index in [9.17, 15) is 9.59 Å². The number of nitrogens with zero attached hydrogens (tertiary/aromatic N) is 3. The minimum absolute atomic E-state index is 0.123. The molecule has 206 valence electrons. The minimum Gasteiger partial charge on any atom is -0.469 e. The summed E-state index contributed by atoms with van der Waals surface area (Å²) in [5, 5.41) is 12.3. The Labute approximate surface area is 255 Å². The van der Waals surface area contributed by atoms with E-state index >= 15 is 0 Å². The van der Waals surface area contributed by atoms with Crippen LogP contribution in [0.4, 0.5) is 0 Å². The molecule has 0 unspecified atom stereocenters. The van der Waals surface area contributed by atoms with Gasteiger partial charge in [0.05, 0.1) is 6.42 Å². The van der Waals surface area contributed by atoms with E-state index in [1.807, 2.05) is 66.7 Å². The fourth-order valence-electron chi connectivity index (χ4n) is 4.88. The van der Waals surface area contributed by atoms with Crippen LogP contribution >= 0.6 is 46.9 Å². The van der Waals surface area contributed by atoms with Gasteiger partial charge in [-0.3, -0.25) is 14.5 Å². The largest absolute Gasteiger partial charge is 0.469 e. The Bertz CT molecular complexity index is 1580. The number of thioether (sulfide) groups is 1. The van der Waals surface area contributed by atoms with Gasteiger partial charge in [-0.25, -0.2) is 0 Å². The first-order chi connectivity index (χ1) is 20.0. The molecule has 3 heterocycles. The van der Waals surface area contributed by atoms with Crippen molar-refractivity contribution in [3.63, 3.8) is 0 Å². The number of thiocarbonyl (C=S) groups is 1. The van der Waals surface area contributed by atoms with Gasteiger partial charge in [-0.05, 0) is 41.0 Å². The number of β-lactam (4-membered cyclic amide) rings is 1. The van der Waals surface area contributed by atoms with Crippen molar-refractivity contribution in [3.8, 4) is 0 Å². The van der Waals surface area contributed by atoms with Gasteiger partial charge in [-0.1, -0.05) is 84.4 Å². The molecule has 3 aromatic carbocycles. The zero-order chi connectivity index (χ0) is 28.3. The van der Waals surface area contributed by atoms with Gasteiger partial charge in [0.15, 0.2) is 0 Å². The molecule has 6 rings (SSSR count). The molecule has 2 aliphatic rings. The Balaban J connectivity index is 1.27. The summed E-state index contributed by atoms with van der Waals surface area (Å²) >= 11 is 14.9. The van der Waals surface area contributed by atoms with Crippen molar-refractivity contribution in [1.29, 1.82) is 0 Å². The van der Waals surface area contributed by atoms with Crippen LogP contribution < -0.4 is 5.32 Å². The lowest BCUT2D eigenvalue weighted by molar-refractivity contribution is -0.145. The summed E-state index contributed by atoms with van der Waals surface area (Å²) in [5.41, 5.74) is 5.58. The van der Waals surface area contributed by atoms with Crippen LogP contribution in [0.15, 0.2) is 96.1 Å². The van der Waals surface area contributed by atoms with Gasteiger partial charge in [0, 0.05) is 16.3 Å². The zero-order valence-corrected chi connectivity index (χ0v) is 24.7. The fourth-order valence-corrected chi connectivity index (χ4v) is 7.45. The highest BCUT2D eigenvalue weighted by atomic mass is 35.5. The van der Waals surface area contributed by atoms with Crippen LogP contribution in [-0.4, -0.2) is 49.1 Å². The molecule has 0 radical (unpaired) electrons. The van der Waals surface area contributed by atoms with Crippen molar-refractivity contribution in [2.24, 2.45) is 0 Å². The van der Waals surface area contributed by atoms with Crippen LogP contribution in [-0.2, 0) is 20.7 Å². The molecule has 1 N–H and O–H groups in total. The molecule has 2 amide bonds. The average molecular weight is 619 g/mol. The minimum atomic E-state index is -0.681. The number of amides is 2. The molecule has 1 aromatic heterocycles. The van der Waals surface area contributed by atoms with Crippen LogP contribution in [0, 0.1) is 0 Å². The van der Waals surface area contributed by atoms with Crippen molar-refractivity contribution < 1.29 is 14.3 Å². The molecule has 2 atom stereocenters. The first kappa shape index (κ1) is 27.6. The molecule has 11 heteroatoms. The molecule has 41 heavy (non-hydrogen) atoms. The van der Waals surface area contributed by atoms with Crippen LogP contribution in [0.2, 0.25) is 5.02 Å². The topological polar surface area (TPSA) is 84.4 Å². The molecule has 1 fully saturated rings. The smallest absolute Gasteiger partial charge is 0.253 e. The number of fused-ring (bicyclic) bond motifs is 1. The van der Waals surface area contributed by atoms with Crippen molar-refractivity contribution in [2.45, 2.75) is 23.9 Å². The first-order valence-corrected chi connectivity index (χ1v) is 15.5. The fraction of sp³-hybridized carbons (Fsp3) is 0.167. The number of hydrogen-bond acceptors (Lipinski definition) is 8. The zero-order valence-electron chi connectivity index (χ0n) is 21.5. The van der Waals surface area contributed by atoms with E-state index in [1.165, 1.54) is 11.3 Å². The highest BCUT2D eigenvalue weighted by Crippen LogP contribution is 2.45. The number of aromatic nitrogens is 2. The van der Waals surface area contributed by atoms with Crippen LogP contribution in [0.5, 0.6) is 0 Å². The lowest BCUT2D eigenvalue weighted by Crippen LogP contribution is -2.70. The Kier molecular flexibility index (Phi) is 8.16. The molecule has 2 aliphatic heterocycles. The molecule has 4 aromatic rings. The second-order valence-electron chi connectivity index (χ2n) is 9.44. The van der Waals surface area contributed by atoms with E-state index in [1.54, 1.807) is 40.4 Å². The van der Waals surface area contributed by atoms with E-state index in [2.05, 4.69) is 15.5 Å². The second-order valence-corrected chi connectivity index (χ2v) is 12.2. The van der Waals surface area contributed by atoms with Gasteiger partial charge in [0.2, 0.25) is 11.0 Å². The number of halogens is 1. The number of benzene rings is 3. The van der Waals surface area contributed by atoms with Gasteiger partial charge in [0.1, 0.15) is 33.7 Å². The highest BCUT2D eigenvalue weighted by molar-refractivity contribution is 8.00. The third kappa shape index (κ3) is 5.78. The number of nitrogens with one attached hydrogen (secondary N) is 1. The maximum atomic E-state index is 13.6. The van der Waals surface area contributed by atoms with Gasteiger partial charge >= 0.3 is 0 Å². The summed E-state index contributed by atoms with van der Waals surface area (Å²) in [7, 11) is 0. The predicted molar refractivity (Wildman–Crippen MR) is 165 cm³/mol. The van der Waals surface area contributed by atoms with Crippen LogP contribution in [0.3, 0.4) is 0 Å². The molecule has 1 saturated heterocycles. The van der Waals surface area contributed by atoms with E-state index in [4.69, 9.17) is 28.6 Å². The van der Waals surface area contributed by atoms with Crippen molar-refractivity contribution in [1.82, 2.24) is 20.4 Å². The monoisotopic (exact) mass is 618 g/mol. The Morgan fingerprint density at radius 3 is 2.41 bits per heavy atom. The molecule has 0 spiro atoms. The van der Waals surface area contributed by atoms with Crippen molar-refractivity contribution in [2.75, 3.05) is 5.75 Å². The highest BCUT2D eigenvalue weighted by Gasteiger charge is 2.54. The average Bonchev–Trinajstić information content (AvgIpc) is 3.54. The maximum absolute atomic E-state index is 13.6. The van der Waals surface area contributed by atoms with Crippen molar-refractivity contribution >= 4 is 69.4 Å². The summed E-state index contributed by atoms with van der Waals surface area (Å²) in [6, 6.07) is 26.1. The Morgan fingerprint density at radius 1 is 1.07 bits per heavy atom. The molecule has 0 bridgehead atoms. The molecular weight excluding hydrogens is 596 g/mol. The van der Waals surface area contributed by atoms with Crippen molar-refractivity contribution in [3.05, 3.63) is 123 Å². The van der Waals surface area contributed by atoms with Crippen LogP contribution in [0.25, 0.3) is 5.57 Å². The molecule has 7 nitrogen and oxygen atoms in total. The predicted octanol–water partition coefficient (Wildman–Crippen LogP) is 5.68. The summed E-state index contributed by atoms with van der Waals surface area (Å²) in [6.07, 6.45) is -0.358. The van der Waals surface area contributed by atoms with Gasteiger partial charge in [0.25, 0.3) is 5.91 Å². The first-order valence-electron chi connectivity index (χ1n) is 12.8. The van der Waals surface area contributed by atoms with Gasteiger partial charge in [-0.15, -0.1) is 33.3 Å². The normalized spacial score (nSPS) is 18.1. The Morgan fingerprint density at radius 2 is 1.78 bits per heavy atom. The molecule has 0 aliphatic carbocycles. The number of carbonyl (C=O) groups is 2. The quantitative estimate of drug-likeness (QED) is 0.201. The van der Waals surface area contributed by atoms with E-state index in [0.29, 0.717) is 21.5 Å². The lowest BCUT2D eigenvalue weighted by Gasteiger charge is -2.50. The lowest BCUT2D eigenvalue weighted by atomic mass is 10.0. The summed E-state index contributed by atoms with van der Waals surface area (Å²) in [6.45, 7) is 0. The number of ether oxygens (including phenoxy) is 1. The number of carbonyl (C=O) groups excluding carboxylic acids is 2. The number of hydrogen-bond donors (Lipinski definition) is 1. The Hall–Kier alpha value is -3.57. The van der Waals surface area contributed by atoms with Gasteiger partial charge < -0.3 is 10.1 Å². The van der Waals surface area contributed by atoms with E-state index < -0.39 is 12.1 Å². The SMILES string of the molecule is O=C(Cc1cccc(Cl)c1)N[C@@H]1C(=O)N2C(C(=S)OC(c3ccccc3)c3ccccc3)=C(c3nncs3)CS[C@H]12. The summed E-state index contributed by atoms with van der Waals surface area (Å²) in [4.78, 5) is 28.1. The van der Waals surface area contributed by atoms with Gasteiger partial charge in [-0.2, -0.15) is 0 Å².